The van der Waals surface area contributed by atoms with Gasteiger partial charge in [0, 0.05) is 12.7 Å². The Hall–Kier alpha value is -3.88. The minimum atomic E-state index is -1.01. The first-order valence-electron chi connectivity index (χ1n) is 11.8. The lowest BCUT2D eigenvalue weighted by Crippen LogP contribution is -2.41. The monoisotopic (exact) mass is 477 g/mol. The van der Waals surface area contributed by atoms with Crippen LogP contribution < -0.4 is 19.7 Å². The number of pyridine rings is 1. The number of nitrogens with one attached hydrogen (secondary N) is 1. The normalized spacial score (nSPS) is 16.0. The number of nitrogens with zero attached hydrogens (tertiary/aromatic N) is 4. The van der Waals surface area contributed by atoms with E-state index < -0.39 is 11.4 Å². The van der Waals surface area contributed by atoms with Crippen molar-refractivity contribution in [3.63, 3.8) is 0 Å². The molecule has 1 fully saturated rings. The highest BCUT2D eigenvalue weighted by Crippen LogP contribution is 2.30. The number of carboxylic acids is 1. The second-order valence-corrected chi connectivity index (χ2v) is 8.96. The van der Waals surface area contributed by atoms with Gasteiger partial charge in [0.2, 0.25) is 0 Å². The molecule has 3 heterocycles. The van der Waals surface area contributed by atoms with Crippen molar-refractivity contribution >= 4 is 23.4 Å². The Balaban J connectivity index is 1.43. The molecule has 4 rings (SSSR count). The van der Waals surface area contributed by atoms with Crippen LogP contribution in [0.15, 0.2) is 55.0 Å². The van der Waals surface area contributed by atoms with E-state index >= 15 is 0 Å². The predicted molar refractivity (Wildman–Crippen MR) is 134 cm³/mol. The molecule has 1 atom stereocenters. The van der Waals surface area contributed by atoms with E-state index in [1.807, 2.05) is 31.2 Å². The fourth-order valence-corrected chi connectivity index (χ4v) is 3.90. The van der Waals surface area contributed by atoms with Crippen molar-refractivity contribution in [1.82, 2.24) is 15.0 Å². The Morgan fingerprint density at radius 3 is 2.66 bits per heavy atom. The molecule has 1 aliphatic heterocycles. The highest BCUT2D eigenvalue weighted by molar-refractivity contribution is 5.80. The number of rotatable bonds is 9. The van der Waals surface area contributed by atoms with Crippen molar-refractivity contribution in [2.75, 3.05) is 29.9 Å². The Bertz CT molecular complexity index is 1150. The van der Waals surface area contributed by atoms with E-state index in [1.54, 1.807) is 44.6 Å². The fourth-order valence-electron chi connectivity index (χ4n) is 3.90. The van der Waals surface area contributed by atoms with Gasteiger partial charge in [0.1, 0.15) is 17.7 Å². The first-order chi connectivity index (χ1) is 16.9. The number of carbonyl (C=O) groups is 1. The molecule has 9 nitrogen and oxygen atoms in total. The molecule has 2 N–H and O–H groups in total. The van der Waals surface area contributed by atoms with Crippen LogP contribution in [-0.2, 0) is 10.2 Å². The van der Waals surface area contributed by atoms with Crippen molar-refractivity contribution < 1.29 is 19.4 Å². The summed E-state index contributed by atoms with van der Waals surface area (Å²) in [6, 6.07) is 11.2. The van der Waals surface area contributed by atoms with Crippen LogP contribution in [0.5, 0.6) is 11.5 Å². The average Bonchev–Trinajstić information content (AvgIpc) is 2.86. The molecular formula is C26H31N5O4. The van der Waals surface area contributed by atoms with Crippen LogP contribution in [0.25, 0.3) is 0 Å². The number of para-hydroxylation sites is 2. The standard InChI is InChI=1S/C26H31N5O4/c1-4-34-20-9-5-6-10-21(20)35-19-8-7-13-31(17-19)24-16-27-15-23(30-24)29-22-12-11-18(14-28-22)26(2,3)25(32)33/h5-6,9-12,14-16,19H,4,7-8,13,17H2,1-3H3,(H,32,33)(H,28,29,30)/t19-/m1/s1. The molecule has 0 radical (unpaired) electrons. The van der Waals surface area contributed by atoms with E-state index in [1.165, 1.54) is 0 Å². The summed E-state index contributed by atoms with van der Waals surface area (Å²) in [5.74, 6) is 2.49. The van der Waals surface area contributed by atoms with Crippen molar-refractivity contribution in [2.24, 2.45) is 0 Å². The van der Waals surface area contributed by atoms with Gasteiger partial charge in [-0.1, -0.05) is 18.2 Å². The molecule has 0 unspecified atom stereocenters. The molecule has 1 saturated heterocycles. The number of anilines is 3. The number of benzene rings is 1. The zero-order valence-corrected chi connectivity index (χ0v) is 20.3. The molecule has 0 saturated carbocycles. The highest BCUT2D eigenvalue weighted by atomic mass is 16.5. The van der Waals surface area contributed by atoms with Crippen LogP contribution in [0.2, 0.25) is 0 Å². The Labute approximate surface area is 205 Å². The third-order valence-electron chi connectivity index (χ3n) is 6.04. The topological polar surface area (TPSA) is 110 Å². The SMILES string of the molecule is CCOc1ccccc1O[C@@H]1CCCN(c2cncc(Nc3ccc(C(C)(C)C(=O)O)cn3)n2)C1. The third kappa shape index (κ3) is 5.79. The number of hydrogen-bond donors (Lipinski definition) is 2. The van der Waals surface area contributed by atoms with Crippen LogP contribution in [0.4, 0.5) is 17.5 Å². The lowest BCUT2D eigenvalue weighted by Gasteiger charge is -2.33. The maximum absolute atomic E-state index is 11.5. The van der Waals surface area contributed by atoms with Crippen LogP contribution in [0, 0.1) is 0 Å². The first kappa shape index (κ1) is 24.3. The summed E-state index contributed by atoms with van der Waals surface area (Å²) in [6.07, 6.45) is 6.88. The van der Waals surface area contributed by atoms with Gasteiger partial charge in [-0.25, -0.2) is 9.97 Å². The van der Waals surface area contributed by atoms with Gasteiger partial charge >= 0.3 is 5.97 Å². The molecule has 0 aliphatic carbocycles. The lowest BCUT2D eigenvalue weighted by molar-refractivity contribution is -0.142. The largest absolute Gasteiger partial charge is 0.490 e. The summed E-state index contributed by atoms with van der Waals surface area (Å²) < 4.78 is 12.0. The molecule has 1 aromatic carbocycles. The van der Waals surface area contributed by atoms with E-state index in [4.69, 9.17) is 14.5 Å². The molecule has 3 aromatic rings. The second kappa shape index (κ2) is 10.6. The third-order valence-corrected chi connectivity index (χ3v) is 6.04. The maximum Gasteiger partial charge on any atom is 0.313 e. The smallest absolute Gasteiger partial charge is 0.313 e. The first-order valence-corrected chi connectivity index (χ1v) is 11.8. The van der Waals surface area contributed by atoms with E-state index in [9.17, 15) is 9.90 Å². The van der Waals surface area contributed by atoms with Crippen LogP contribution in [0.3, 0.4) is 0 Å². The number of hydrogen-bond acceptors (Lipinski definition) is 8. The number of aliphatic carboxylic acids is 1. The zero-order valence-electron chi connectivity index (χ0n) is 20.3. The minimum absolute atomic E-state index is 0.00979. The number of aromatic nitrogens is 3. The molecule has 0 bridgehead atoms. The van der Waals surface area contributed by atoms with Crippen molar-refractivity contribution in [2.45, 2.75) is 45.1 Å². The highest BCUT2D eigenvalue weighted by Gasteiger charge is 2.29. The van der Waals surface area contributed by atoms with Gasteiger partial charge in [0.05, 0.1) is 31.0 Å². The fraction of sp³-hybridized carbons (Fsp3) is 0.385. The van der Waals surface area contributed by atoms with E-state index in [0.717, 1.165) is 36.7 Å². The predicted octanol–water partition coefficient (Wildman–Crippen LogP) is 4.42. The molecule has 9 heteroatoms. The minimum Gasteiger partial charge on any atom is -0.490 e. The summed E-state index contributed by atoms with van der Waals surface area (Å²) in [5.41, 5.74) is -0.387. The van der Waals surface area contributed by atoms with Gasteiger partial charge < -0.3 is 24.8 Å². The number of ether oxygens (including phenoxy) is 2. The Morgan fingerprint density at radius 1 is 1.14 bits per heavy atom. The summed E-state index contributed by atoms with van der Waals surface area (Å²) in [7, 11) is 0. The summed E-state index contributed by atoms with van der Waals surface area (Å²) in [4.78, 5) is 27.1. The van der Waals surface area contributed by atoms with Crippen LogP contribution >= 0.6 is 0 Å². The van der Waals surface area contributed by atoms with Crippen LogP contribution in [-0.4, -0.2) is 51.8 Å². The summed E-state index contributed by atoms with van der Waals surface area (Å²) >= 11 is 0. The summed E-state index contributed by atoms with van der Waals surface area (Å²) in [6.45, 7) is 7.40. The van der Waals surface area contributed by atoms with Gasteiger partial charge in [-0.3, -0.25) is 9.78 Å². The number of piperidine rings is 1. The van der Waals surface area contributed by atoms with Crippen molar-refractivity contribution in [1.29, 1.82) is 0 Å². The van der Waals surface area contributed by atoms with E-state index in [-0.39, 0.29) is 6.10 Å². The molecule has 0 amide bonds. The Kier molecular flexibility index (Phi) is 7.33. The number of carboxylic acid groups (broad SMARTS) is 1. The van der Waals surface area contributed by atoms with Gasteiger partial charge in [0.15, 0.2) is 17.3 Å². The quantitative estimate of drug-likeness (QED) is 0.463. The van der Waals surface area contributed by atoms with Gasteiger partial charge in [0.25, 0.3) is 0 Å². The molecular weight excluding hydrogens is 446 g/mol. The van der Waals surface area contributed by atoms with Crippen LogP contribution in [0.1, 0.15) is 39.2 Å². The Morgan fingerprint density at radius 2 is 1.94 bits per heavy atom. The molecule has 35 heavy (non-hydrogen) atoms. The maximum atomic E-state index is 11.5. The van der Waals surface area contributed by atoms with Gasteiger partial charge in [-0.15, -0.1) is 0 Å². The zero-order chi connectivity index (χ0) is 24.8. The van der Waals surface area contributed by atoms with Crippen molar-refractivity contribution in [3.05, 3.63) is 60.6 Å². The van der Waals surface area contributed by atoms with Crippen molar-refractivity contribution in [3.8, 4) is 11.5 Å². The molecule has 0 spiro atoms. The van der Waals surface area contributed by atoms with Gasteiger partial charge in [-0.05, 0) is 57.4 Å². The molecule has 2 aromatic heterocycles. The second-order valence-electron chi connectivity index (χ2n) is 8.96. The van der Waals surface area contributed by atoms with E-state index in [0.29, 0.717) is 30.4 Å². The van der Waals surface area contributed by atoms with E-state index in [2.05, 4.69) is 20.2 Å². The summed E-state index contributed by atoms with van der Waals surface area (Å²) in [5, 5.41) is 12.6. The average molecular weight is 478 g/mol. The molecule has 1 aliphatic rings. The lowest BCUT2D eigenvalue weighted by atomic mass is 9.86. The van der Waals surface area contributed by atoms with Gasteiger partial charge in [-0.2, -0.15) is 0 Å². The molecule has 184 valence electrons.